The van der Waals surface area contributed by atoms with Gasteiger partial charge in [-0.25, -0.2) is 9.13 Å². The summed E-state index contributed by atoms with van der Waals surface area (Å²) in [5, 5.41) is 0. The van der Waals surface area contributed by atoms with E-state index in [1.807, 2.05) is 0 Å². The molecule has 0 fully saturated rings. The van der Waals surface area contributed by atoms with E-state index in [2.05, 4.69) is 0 Å². The molecule has 0 heterocycles. The third-order valence-electron chi connectivity index (χ3n) is 0. The molecule has 12 heteroatoms. The van der Waals surface area contributed by atoms with Gasteiger partial charge in [0.1, 0.15) is 0 Å². The maximum absolute atomic E-state index is 8.88. The van der Waals surface area contributed by atoms with E-state index in [-0.39, 0.29) is 37.4 Å². The van der Waals surface area contributed by atoms with E-state index in [4.69, 9.17) is 38.5 Å². The van der Waals surface area contributed by atoms with Crippen LogP contribution in [0.2, 0.25) is 0 Å². The van der Waals surface area contributed by atoms with Crippen molar-refractivity contribution in [2.45, 2.75) is 0 Å². The summed E-state index contributed by atoms with van der Waals surface area (Å²) in [5.41, 5.74) is 0. The minimum absolute atomic E-state index is 0. The van der Waals surface area contributed by atoms with Gasteiger partial charge in [-0.3, -0.25) is 0 Å². The second-order valence-corrected chi connectivity index (χ2v) is 3.08. The average molecular weight is 260 g/mol. The van der Waals surface area contributed by atoms with Crippen molar-refractivity contribution >= 4 is 15.6 Å². The Hall–Kier alpha value is 1.34. The van der Waals surface area contributed by atoms with E-state index < -0.39 is 15.6 Å². The van der Waals surface area contributed by atoms with Crippen molar-refractivity contribution in [2.75, 3.05) is 0 Å². The summed E-state index contributed by atoms with van der Waals surface area (Å²) < 4.78 is 17.8. The minimum Gasteiger partial charge on any atom is -1.00 e. The third kappa shape index (κ3) is 678. The Labute approximate surface area is 91.6 Å². The van der Waals surface area contributed by atoms with E-state index in [1.165, 1.54) is 0 Å². The van der Waals surface area contributed by atoms with Crippen LogP contribution in [0.3, 0.4) is 0 Å². The maximum Gasteiger partial charge on any atom is 1.00 e. The summed E-state index contributed by atoms with van der Waals surface area (Å²) in [5.74, 6) is 0. The quantitative estimate of drug-likeness (QED) is 0.187. The van der Waals surface area contributed by atoms with Crippen LogP contribution in [0.25, 0.3) is 0 Å². The van der Waals surface area contributed by atoms with Crippen LogP contribution >= 0.6 is 15.6 Å². The van der Waals surface area contributed by atoms with Crippen LogP contribution in [0.1, 0.15) is 1.43 Å². The molecule has 0 radical (unpaired) electrons. The van der Waals surface area contributed by atoms with Crippen molar-refractivity contribution in [1.29, 1.82) is 0 Å². The number of hydrogen-bond acceptors (Lipinski definition) is 2. The minimum atomic E-state index is -4.64. The fraction of sp³-hybridized carbons (Fsp3) is 0. The van der Waals surface area contributed by atoms with Crippen LogP contribution in [0.15, 0.2) is 0 Å². The molecule has 0 aliphatic rings. The van der Waals surface area contributed by atoms with E-state index in [9.17, 15) is 0 Å². The van der Waals surface area contributed by atoms with E-state index in [1.54, 1.807) is 0 Å². The van der Waals surface area contributed by atoms with Gasteiger partial charge in [-0.2, -0.15) is 0 Å². The van der Waals surface area contributed by atoms with Crippen LogP contribution in [0, 0.1) is 0 Å². The number of rotatable bonds is 0. The Balaban J connectivity index is -0.0000000267. The van der Waals surface area contributed by atoms with Gasteiger partial charge in [0.15, 0.2) is 0 Å². The molecular weight excluding hydrogens is 253 g/mol. The van der Waals surface area contributed by atoms with Gasteiger partial charge in [-0.05, 0) is 0 Å². The smallest absolute Gasteiger partial charge is 1.00 e. The zero-order valence-electron chi connectivity index (χ0n) is 6.75. The summed E-state index contributed by atoms with van der Waals surface area (Å²) >= 11 is 0. The van der Waals surface area contributed by atoms with Crippen LogP contribution in [0.5, 0.6) is 0 Å². The van der Waals surface area contributed by atoms with Gasteiger partial charge in [0.25, 0.3) is 0 Å². The first kappa shape index (κ1) is 23.3. The first-order valence-electron chi connectivity index (χ1n) is 1.57. The molecule has 0 aliphatic carbocycles. The Morgan fingerprint density at radius 2 is 0.750 bits per heavy atom. The average Bonchev–Trinajstić information content (AvgIpc) is 1.12. The summed E-state index contributed by atoms with van der Waals surface area (Å²) in [4.78, 5) is 43.1. The molecule has 0 amide bonds. The SMILES string of the molecule is O=P(O)(O)O.O=P(O)(O)O.[Fe].[H-].[Li+]. The Morgan fingerprint density at radius 3 is 0.750 bits per heavy atom. The Kier molecular flexibility index (Phi) is 17.3. The first-order chi connectivity index (χ1) is 4.00. The van der Waals surface area contributed by atoms with Crippen molar-refractivity contribution < 1.29 is 75.8 Å². The predicted octanol–water partition coefficient (Wildman–Crippen LogP) is -4.74. The molecule has 0 unspecified atom stereocenters. The predicted molar refractivity (Wildman–Crippen MR) is 29.6 cm³/mol. The zero-order chi connectivity index (χ0) is 9.00. The molecule has 12 heavy (non-hydrogen) atoms. The third-order valence-corrected chi connectivity index (χ3v) is 0. The number of phosphoric acid groups is 2. The second kappa shape index (κ2) is 8.91. The molecule has 0 aromatic carbocycles. The Bertz CT molecular complexity index is 134. The van der Waals surface area contributed by atoms with Gasteiger partial charge in [-0.1, -0.05) is 0 Å². The molecule has 0 aliphatic heterocycles. The van der Waals surface area contributed by atoms with Crippen LogP contribution in [0.4, 0.5) is 0 Å². The van der Waals surface area contributed by atoms with Crippen molar-refractivity contribution in [3.63, 3.8) is 0 Å². The van der Waals surface area contributed by atoms with Crippen molar-refractivity contribution in [1.82, 2.24) is 0 Å². The topological polar surface area (TPSA) is 156 Å². The van der Waals surface area contributed by atoms with Crippen molar-refractivity contribution in [3.8, 4) is 0 Å². The van der Waals surface area contributed by atoms with Crippen LogP contribution < -0.4 is 18.9 Å². The molecule has 8 nitrogen and oxygen atoms in total. The molecule has 6 N–H and O–H groups in total. The zero-order valence-corrected chi connectivity index (χ0v) is 8.64. The van der Waals surface area contributed by atoms with Crippen LogP contribution in [-0.2, 0) is 26.2 Å². The summed E-state index contributed by atoms with van der Waals surface area (Å²) in [6, 6.07) is 0. The maximum atomic E-state index is 8.88. The molecular formula is H7FeLiO8P2. The normalized spacial score (nSPS) is 9.83. The van der Waals surface area contributed by atoms with Crippen LogP contribution in [-0.4, -0.2) is 29.4 Å². The van der Waals surface area contributed by atoms with Gasteiger partial charge < -0.3 is 30.8 Å². The van der Waals surface area contributed by atoms with Crippen molar-refractivity contribution in [3.05, 3.63) is 0 Å². The first-order valence-corrected chi connectivity index (χ1v) is 4.70. The Morgan fingerprint density at radius 1 is 0.750 bits per heavy atom. The summed E-state index contributed by atoms with van der Waals surface area (Å²) in [6.45, 7) is 0. The summed E-state index contributed by atoms with van der Waals surface area (Å²) in [7, 11) is -9.28. The van der Waals surface area contributed by atoms with Crippen molar-refractivity contribution in [2.24, 2.45) is 0 Å². The van der Waals surface area contributed by atoms with Gasteiger partial charge in [0, 0.05) is 17.1 Å². The monoisotopic (exact) mass is 260 g/mol. The molecule has 74 valence electrons. The fourth-order valence-corrected chi connectivity index (χ4v) is 0. The number of hydrogen-bond donors (Lipinski definition) is 6. The second-order valence-electron chi connectivity index (χ2n) is 1.03. The fourth-order valence-electron chi connectivity index (χ4n) is 0. The standard InChI is InChI=1S/Fe.Li.2H3O4P.H/c;;2*1-5(2,3)4;/h;;2*(H3,1,2,3,4);/q;+1;;;-1. The molecule has 0 saturated carbocycles. The molecule has 0 aromatic heterocycles. The summed E-state index contributed by atoms with van der Waals surface area (Å²) in [6.07, 6.45) is 0. The van der Waals surface area contributed by atoms with E-state index >= 15 is 0 Å². The van der Waals surface area contributed by atoms with E-state index in [0.29, 0.717) is 0 Å². The molecule has 0 rings (SSSR count). The van der Waals surface area contributed by atoms with Gasteiger partial charge in [-0.15, -0.1) is 0 Å². The largest absolute Gasteiger partial charge is 1.00 e. The molecule has 0 spiro atoms. The van der Waals surface area contributed by atoms with Gasteiger partial charge in [0.2, 0.25) is 0 Å². The molecule has 0 saturated heterocycles. The molecule has 0 bridgehead atoms. The van der Waals surface area contributed by atoms with E-state index in [0.717, 1.165) is 0 Å². The van der Waals surface area contributed by atoms with Gasteiger partial charge >= 0.3 is 34.5 Å². The molecule has 0 atom stereocenters. The molecule has 0 aromatic rings. The van der Waals surface area contributed by atoms with Gasteiger partial charge in [0.05, 0.1) is 0 Å².